The van der Waals surface area contributed by atoms with E-state index in [4.69, 9.17) is 4.74 Å². The maximum atomic E-state index is 12.4. The van der Waals surface area contributed by atoms with Gasteiger partial charge in [0.25, 0.3) is 5.69 Å². The maximum absolute atomic E-state index is 12.4. The van der Waals surface area contributed by atoms with E-state index >= 15 is 0 Å². The third-order valence-corrected chi connectivity index (χ3v) is 7.29. The number of halogens is 1. The summed E-state index contributed by atoms with van der Waals surface area (Å²) in [4.78, 5) is 12.4. The Labute approximate surface area is 192 Å². The Kier molecular flexibility index (Phi) is 7.36. The number of rotatable bonds is 7. The number of nitriles is 1. The van der Waals surface area contributed by atoms with E-state index in [9.17, 15) is 23.8 Å². The zero-order chi connectivity index (χ0) is 22.0. The van der Waals surface area contributed by atoms with Crippen LogP contribution < -0.4 is 9.46 Å². The number of sulfonamides is 1. The number of nitrogens with zero attached hydrogens (tertiary/aromatic N) is 3. The molecule has 170 valence electrons. The summed E-state index contributed by atoms with van der Waals surface area (Å²) < 4.78 is 33.2. The Morgan fingerprint density at radius 1 is 1.22 bits per heavy atom. The van der Waals surface area contributed by atoms with Gasteiger partial charge in [0.2, 0.25) is 10.0 Å². The lowest BCUT2D eigenvalue weighted by atomic mass is 9.86. The molecule has 11 heteroatoms. The molecule has 0 radical (unpaired) electrons. The highest BCUT2D eigenvalue weighted by molar-refractivity contribution is 7.89. The normalized spacial score (nSPS) is 19.7. The van der Waals surface area contributed by atoms with Gasteiger partial charge in [-0.1, -0.05) is 0 Å². The Bertz CT molecular complexity index is 1130. The monoisotopic (exact) mass is 478 g/mol. The molecule has 1 N–H and O–H groups in total. The van der Waals surface area contributed by atoms with Crippen molar-refractivity contribution < 1.29 is 18.1 Å². The lowest BCUT2D eigenvalue weighted by Crippen LogP contribution is -2.29. The fraction of sp³-hybridized carbons (Fsp3) is 0.381. The second-order valence-electron chi connectivity index (χ2n) is 7.80. The van der Waals surface area contributed by atoms with Gasteiger partial charge < -0.3 is 9.64 Å². The van der Waals surface area contributed by atoms with Gasteiger partial charge in [-0.2, -0.15) is 5.26 Å². The minimum atomic E-state index is -3.71. The Balaban J connectivity index is 0.00000289. The first kappa shape index (κ1) is 23.9. The van der Waals surface area contributed by atoms with Crippen molar-refractivity contribution in [2.45, 2.75) is 17.2 Å². The minimum absolute atomic E-state index is 0. The summed E-state index contributed by atoms with van der Waals surface area (Å²) >= 11 is 0. The maximum Gasteiger partial charge on any atom is 0.269 e. The van der Waals surface area contributed by atoms with Crippen LogP contribution in [0.25, 0.3) is 0 Å². The van der Waals surface area contributed by atoms with Crippen molar-refractivity contribution in [1.29, 1.82) is 5.26 Å². The molecule has 2 atom stereocenters. The SMILES string of the molecule is Cl.N#Cc1ccc2c(c1)[C@@H]1CN(CCCNS(=O)(=O)c3ccc([N+](=O)[O-])cc3)C[C@H]1CO2. The molecule has 0 unspecified atom stereocenters. The van der Waals surface area contributed by atoms with Crippen molar-refractivity contribution in [2.24, 2.45) is 5.92 Å². The molecule has 2 aromatic rings. The summed E-state index contributed by atoms with van der Waals surface area (Å²) in [6, 6.07) is 12.5. The van der Waals surface area contributed by atoms with Crippen LogP contribution in [0.3, 0.4) is 0 Å². The second kappa shape index (κ2) is 9.83. The topological polar surface area (TPSA) is 126 Å². The Morgan fingerprint density at radius 3 is 2.66 bits per heavy atom. The zero-order valence-corrected chi connectivity index (χ0v) is 18.8. The summed E-state index contributed by atoms with van der Waals surface area (Å²) in [7, 11) is -3.71. The van der Waals surface area contributed by atoms with Gasteiger partial charge in [-0.3, -0.25) is 10.1 Å². The van der Waals surface area contributed by atoms with Gasteiger partial charge in [-0.25, -0.2) is 13.1 Å². The van der Waals surface area contributed by atoms with E-state index in [1.165, 1.54) is 24.3 Å². The molecular formula is C21H23ClN4O5S. The molecular weight excluding hydrogens is 456 g/mol. The van der Waals surface area contributed by atoms with Gasteiger partial charge in [-0.05, 0) is 43.3 Å². The third kappa shape index (κ3) is 5.02. The molecule has 0 spiro atoms. The van der Waals surface area contributed by atoms with E-state index in [-0.39, 0.29) is 29.5 Å². The molecule has 1 saturated heterocycles. The summed E-state index contributed by atoms with van der Waals surface area (Å²) in [6.45, 7) is 3.38. The van der Waals surface area contributed by atoms with Gasteiger partial charge in [0.15, 0.2) is 0 Å². The molecule has 2 heterocycles. The number of hydrogen-bond donors (Lipinski definition) is 1. The first-order valence-corrected chi connectivity index (χ1v) is 11.5. The summed E-state index contributed by atoms with van der Waals surface area (Å²) in [5.41, 5.74) is 1.56. The van der Waals surface area contributed by atoms with Crippen LogP contribution in [-0.2, 0) is 10.0 Å². The van der Waals surface area contributed by atoms with Crippen molar-refractivity contribution in [3.63, 3.8) is 0 Å². The summed E-state index contributed by atoms with van der Waals surface area (Å²) in [5.74, 6) is 1.52. The number of hydrogen-bond acceptors (Lipinski definition) is 7. The van der Waals surface area contributed by atoms with E-state index in [0.717, 1.165) is 30.9 Å². The largest absolute Gasteiger partial charge is 0.493 e. The number of non-ortho nitro benzene ring substituents is 1. The number of ether oxygens (including phenoxy) is 1. The molecule has 2 aliphatic rings. The highest BCUT2D eigenvalue weighted by Crippen LogP contribution is 2.41. The van der Waals surface area contributed by atoms with Crippen molar-refractivity contribution in [3.8, 4) is 11.8 Å². The Morgan fingerprint density at radius 2 is 1.97 bits per heavy atom. The molecule has 0 saturated carbocycles. The number of benzene rings is 2. The van der Waals surface area contributed by atoms with Crippen LogP contribution in [0, 0.1) is 27.4 Å². The predicted octanol–water partition coefficient (Wildman–Crippen LogP) is 2.66. The highest BCUT2D eigenvalue weighted by atomic mass is 35.5. The number of fused-ring (bicyclic) bond motifs is 3. The standard InChI is InChI=1S/C21H22N4O5S.ClH/c22-11-15-2-7-21-19(10-15)20-13-24(12-16(20)14-30-21)9-1-8-23-31(28,29)18-5-3-17(4-6-18)25(26)27;/h2-7,10,16,20,23H,1,8-9,12-14H2;1H/t16-,20+;/m0./s1. The van der Waals surface area contributed by atoms with Gasteiger partial charge in [0.05, 0.1) is 28.1 Å². The van der Waals surface area contributed by atoms with Crippen LogP contribution in [0.1, 0.15) is 23.5 Å². The quantitative estimate of drug-likeness (QED) is 0.368. The molecule has 0 bridgehead atoms. The fourth-order valence-corrected chi connectivity index (χ4v) is 5.31. The molecule has 4 rings (SSSR count). The number of nitro benzene ring substituents is 1. The molecule has 32 heavy (non-hydrogen) atoms. The zero-order valence-electron chi connectivity index (χ0n) is 17.1. The fourth-order valence-electron chi connectivity index (χ4n) is 4.24. The van der Waals surface area contributed by atoms with E-state index in [0.29, 0.717) is 30.4 Å². The molecule has 2 aliphatic heterocycles. The number of nitro groups is 1. The average molecular weight is 479 g/mol. The average Bonchev–Trinajstić information content (AvgIpc) is 3.20. The predicted molar refractivity (Wildman–Crippen MR) is 119 cm³/mol. The van der Waals surface area contributed by atoms with Crippen LogP contribution in [0.15, 0.2) is 47.4 Å². The first-order valence-electron chi connectivity index (χ1n) is 10.0. The van der Waals surface area contributed by atoms with Gasteiger partial charge in [0.1, 0.15) is 5.75 Å². The second-order valence-corrected chi connectivity index (χ2v) is 9.57. The number of likely N-dealkylation sites (tertiary alicyclic amines) is 1. The van der Waals surface area contributed by atoms with Crippen molar-refractivity contribution in [2.75, 3.05) is 32.8 Å². The van der Waals surface area contributed by atoms with Crippen LogP contribution in [0.2, 0.25) is 0 Å². The van der Waals surface area contributed by atoms with E-state index in [2.05, 4.69) is 15.7 Å². The van der Waals surface area contributed by atoms with E-state index in [1.54, 1.807) is 6.07 Å². The van der Waals surface area contributed by atoms with E-state index < -0.39 is 14.9 Å². The smallest absolute Gasteiger partial charge is 0.269 e. The Hall–Kier alpha value is -2.71. The highest BCUT2D eigenvalue weighted by Gasteiger charge is 2.38. The molecule has 0 amide bonds. The summed E-state index contributed by atoms with van der Waals surface area (Å²) in [5, 5.41) is 19.9. The van der Waals surface area contributed by atoms with Crippen molar-refractivity contribution in [3.05, 3.63) is 63.7 Å². The molecule has 0 aliphatic carbocycles. The van der Waals surface area contributed by atoms with Gasteiger partial charge >= 0.3 is 0 Å². The summed E-state index contributed by atoms with van der Waals surface area (Å²) in [6.07, 6.45) is 0.637. The first-order chi connectivity index (χ1) is 14.9. The lowest BCUT2D eigenvalue weighted by Gasteiger charge is -2.27. The molecule has 1 fully saturated rings. The molecule has 0 aromatic heterocycles. The van der Waals surface area contributed by atoms with Gasteiger partial charge in [0, 0.05) is 49.2 Å². The third-order valence-electron chi connectivity index (χ3n) is 5.81. The lowest BCUT2D eigenvalue weighted by molar-refractivity contribution is -0.384. The van der Waals surface area contributed by atoms with Crippen LogP contribution in [0.4, 0.5) is 5.69 Å². The van der Waals surface area contributed by atoms with Crippen LogP contribution in [0.5, 0.6) is 5.75 Å². The minimum Gasteiger partial charge on any atom is -0.493 e. The number of nitrogens with one attached hydrogen (secondary N) is 1. The van der Waals surface area contributed by atoms with Crippen LogP contribution in [-0.4, -0.2) is 51.0 Å². The van der Waals surface area contributed by atoms with E-state index in [1.807, 2.05) is 12.1 Å². The van der Waals surface area contributed by atoms with Gasteiger partial charge in [-0.15, -0.1) is 12.4 Å². The molecule has 9 nitrogen and oxygen atoms in total. The van der Waals surface area contributed by atoms with Crippen LogP contribution >= 0.6 is 12.4 Å². The van der Waals surface area contributed by atoms with Crippen molar-refractivity contribution >= 4 is 28.1 Å². The van der Waals surface area contributed by atoms with Crippen molar-refractivity contribution in [1.82, 2.24) is 9.62 Å². The molecule has 2 aromatic carbocycles.